The van der Waals surface area contributed by atoms with Crippen molar-refractivity contribution < 1.29 is 17.6 Å². The van der Waals surface area contributed by atoms with Gasteiger partial charge in [0.25, 0.3) is 5.91 Å². The van der Waals surface area contributed by atoms with E-state index in [1.54, 1.807) is 18.7 Å². The minimum Gasteiger partial charge on any atom is -0.338 e. The lowest BCUT2D eigenvalue weighted by atomic mass is 9.91. The molecule has 1 saturated heterocycles. The standard InChI is InChI=1S/C17H25FN2O3S/c1-11(2)19-24(22,23)16-8-14(5-6-15(16)18)17(21)20-9-12(3)7-13(4)10-20/h5-6,8,11-13,19H,7,9-10H2,1-4H3. The zero-order valence-corrected chi connectivity index (χ0v) is 15.4. The Labute approximate surface area is 143 Å². The Morgan fingerprint density at radius 3 is 2.38 bits per heavy atom. The smallest absolute Gasteiger partial charge is 0.253 e. The largest absolute Gasteiger partial charge is 0.338 e. The highest BCUT2D eigenvalue weighted by Gasteiger charge is 2.28. The molecule has 0 bridgehead atoms. The van der Waals surface area contributed by atoms with Crippen LogP contribution in [0.25, 0.3) is 0 Å². The second-order valence-electron chi connectivity index (χ2n) is 7.08. The van der Waals surface area contributed by atoms with E-state index in [4.69, 9.17) is 0 Å². The number of benzene rings is 1. The number of carbonyl (C=O) groups excluding carboxylic acids is 1. The average Bonchev–Trinajstić information content (AvgIpc) is 2.44. The normalized spacial score (nSPS) is 22.0. The van der Waals surface area contributed by atoms with E-state index in [0.717, 1.165) is 18.6 Å². The van der Waals surface area contributed by atoms with Crippen molar-refractivity contribution in [2.75, 3.05) is 13.1 Å². The molecular weight excluding hydrogens is 331 g/mol. The van der Waals surface area contributed by atoms with Gasteiger partial charge in [-0.3, -0.25) is 4.79 Å². The molecule has 0 aromatic heterocycles. The van der Waals surface area contributed by atoms with Crippen LogP contribution in [-0.2, 0) is 10.0 Å². The fraction of sp³-hybridized carbons (Fsp3) is 0.588. The minimum absolute atomic E-state index is 0.196. The van der Waals surface area contributed by atoms with E-state index in [9.17, 15) is 17.6 Å². The van der Waals surface area contributed by atoms with Gasteiger partial charge < -0.3 is 4.90 Å². The fourth-order valence-corrected chi connectivity index (χ4v) is 4.58. The number of nitrogens with one attached hydrogen (secondary N) is 1. The minimum atomic E-state index is -3.99. The number of hydrogen-bond donors (Lipinski definition) is 1. The van der Waals surface area contributed by atoms with Crippen LogP contribution in [0.3, 0.4) is 0 Å². The molecule has 0 spiro atoms. The Morgan fingerprint density at radius 2 is 1.83 bits per heavy atom. The summed E-state index contributed by atoms with van der Waals surface area (Å²) in [4.78, 5) is 13.9. The molecule has 134 valence electrons. The summed E-state index contributed by atoms with van der Waals surface area (Å²) < 4.78 is 40.8. The Morgan fingerprint density at radius 1 is 1.25 bits per heavy atom. The highest BCUT2D eigenvalue weighted by atomic mass is 32.2. The van der Waals surface area contributed by atoms with Gasteiger partial charge in [0.05, 0.1) is 0 Å². The van der Waals surface area contributed by atoms with Crippen molar-refractivity contribution in [3.63, 3.8) is 0 Å². The molecule has 1 amide bonds. The number of nitrogens with zero attached hydrogens (tertiary/aromatic N) is 1. The van der Waals surface area contributed by atoms with Gasteiger partial charge in [0.2, 0.25) is 10.0 Å². The topological polar surface area (TPSA) is 66.5 Å². The van der Waals surface area contributed by atoms with Crippen LogP contribution in [0.5, 0.6) is 0 Å². The van der Waals surface area contributed by atoms with Crippen molar-refractivity contribution in [2.24, 2.45) is 11.8 Å². The lowest BCUT2D eigenvalue weighted by Crippen LogP contribution is -2.42. The molecule has 7 heteroatoms. The molecule has 1 N–H and O–H groups in total. The molecule has 1 fully saturated rings. The van der Waals surface area contributed by atoms with E-state index in [1.165, 1.54) is 6.07 Å². The lowest BCUT2D eigenvalue weighted by molar-refractivity contribution is 0.0623. The summed E-state index contributed by atoms with van der Waals surface area (Å²) >= 11 is 0. The van der Waals surface area contributed by atoms with Crippen molar-refractivity contribution in [2.45, 2.75) is 45.1 Å². The van der Waals surface area contributed by atoms with Gasteiger partial charge in [-0.2, -0.15) is 0 Å². The van der Waals surface area contributed by atoms with Gasteiger partial charge in [0, 0.05) is 24.7 Å². The van der Waals surface area contributed by atoms with Crippen molar-refractivity contribution in [1.29, 1.82) is 0 Å². The van der Waals surface area contributed by atoms with E-state index in [1.807, 2.05) is 0 Å². The summed E-state index contributed by atoms with van der Waals surface area (Å²) in [5, 5.41) is 0. The number of carbonyl (C=O) groups is 1. The molecule has 1 aliphatic heterocycles. The van der Waals surface area contributed by atoms with Crippen LogP contribution in [0.1, 0.15) is 44.5 Å². The van der Waals surface area contributed by atoms with Crippen LogP contribution in [0.2, 0.25) is 0 Å². The number of rotatable bonds is 4. The maximum Gasteiger partial charge on any atom is 0.253 e. The van der Waals surface area contributed by atoms with E-state index < -0.39 is 20.7 Å². The molecule has 1 heterocycles. The second-order valence-corrected chi connectivity index (χ2v) is 8.76. The molecule has 1 aromatic rings. The lowest BCUT2D eigenvalue weighted by Gasteiger charge is -2.35. The third-order valence-corrected chi connectivity index (χ3v) is 5.69. The summed E-state index contributed by atoms with van der Waals surface area (Å²) in [7, 11) is -3.99. The van der Waals surface area contributed by atoms with Crippen molar-refractivity contribution in [1.82, 2.24) is 9.62 Å². The SMILES string of the molecule is CC1CC(C)CN(C(=O)c2ccc(F)c(S(=O)(=O)NC(C)C)c2)C1. The van der Waals surface area contributed by atoms with E-state index in [2.05, 4.69) is 18.6 Å². The maximum atomic E-state index is 14.0. The molecule has 1 aromatic carbocycles. The summed E-state index contributed by atoms with van der Waals surface area (Å²) in [5.41, 5.74) is 0.196. The molecule has 2 atom stereocenters. The van der Waals surface area contributed by atoms with Gasteiger partial charge in [-0.15, -0.1) is 0 Å². The molecular formula is C17H25FN2O3S. The number of halogens is 1. The van der Waals surface area contributed by atoms with E-state index in [0.29, 0.717) is 24.9 Å². The first-order valence-corrected chi connectivity index (χ1v) is 9.69. The molecule has 0 aliphatic carbocycles. The van der Waals surface area contributed by atoms with Gasteiger partial charge in [-0.1, -0.05) is 13.8 Å². The van der Waals surface area contributed by atoms with Gasteiger partial charge in [-0.05, 0) is 50.3 Å². The number of piperidine rings is 1. The third-order valence-electron chi connectivity index (χ3n) is 4.01. The average molecular weight is 356 g/mol. The number of amides is 1. The molecule has 1 aliphatic rings. The predicted octanol–water partition coefficient (Wildman–Crippen LogP) is 2.63. The first-order valence-electron chi connectivity index (χ1n) is 8.21. The highest BCUT2D eigenvalue weighted by molar-refractivity contribution is 7.89. The Balaban J connectivity index is 2.32. The predicted molar refractivity (Wildman–Crippen MR) is 90.7 cm³/mol. The zero-order chi connectivity index (χ0) is 18.1. The molecule has 2 unspecified atom stereocenters. The number of hydrogen-bond acceptors (Lipinski definition) is 3. The third kappa shape index (κ3) is 4.33. The van der Waals surface area contributed by atoms with Gasteiger partial charge in [0.1, 0.15) is 10.7 Å². The van der Waals surface area contributed by atoms with E-state index >= 15 is 0 Å². The van der Waals surface area contributed by atoms with Gasteiger partial charge in [0.15, 0.2) is 0 Å². The molecule has 2 rings (SSSR count). The van der Waals surface area contributed by atoms with Gasteiger partial charge in [-0.25, -0.2) is 17.5 Å². The van der Waals surface area contributed by atoms with Crippen molar-refractivity contribution >= 4 is 15.9 Å². The fourth-order valence-electron chi connectivity index (χ4n) is 3.23. The van der Waals surface area contributed by atoms with Crippen LogP contribution in [0, 0.1) is 17.7 Å². The van der Waals surface area contributed by atoms with Crippen LogP contribution >= 0.6 is 0 Å². The summed E-state index contributed by atoms with van der Waals surface area (Å²) in [6, 6.07) is 3.15. The quantitative estimate of drug-likeness (QED) is 0.902. The summed E-state index contributed by atoms with van der Waals surface area (Å²) in [5.74, 6) is -0.331. The maximum absolute atomic E-state index is 14.0. The first kappa shape index (κ1) is 18.9. The van der Waals surface area contributed by atoms with Crippen LogP contribution in [0.4, 0.5) is 4.39 Å². The van der Waals surface area contributed by atoms with Crippen molar-refractivity contribution in [3.8, 4) is 0 Å². The Hall–Kier alpha value is -1.47. The second kappa shape index (κ2) is 7.19. The molecule has 0 radical (unpaired) electrons. The Bertz CT molecular complexity index is 709. The van der Waals surface area contributed by atoms with Crippen LogP contribution in [0.15, 0.2) is 23.1 Å². The number of sulfonamides is 1. The molecule has 24 heavy (non-hydrogen) atoms. The Kier molecular flexibility index (Phi) is 5.65. The highest BCUT2D eigenvalue weighted by Crippen LogP contribution is 2.24. The molecule has 5 nitrogen and oxygen atoms in total. The number of likely N-dealkylation sites (tertiary alicyclic amines) is 1. The zero-order valence-electron chi connectivity index (χ0n) is 14.5. The van der Waals surface area contributed by atoms with Crippen molar-refractivity contribution in [3.05, 3.63) is 29.6 Å². The summed E-state index contributed by atoms with van der Waals surface area (Å²) in [6.45, 7) is 8.74. The van der Waals surface area contributed by atoms with Crippen LogP contribution < -0.4 is 4.72 Å². The van der Waals surface area contributed by atoms with E-state index in [-0.39, 0.29) is 17.5 Å². The molecule has 0 saturated carbocycles. The monoisotopic (exact) mass is 356 g/mol. The first-order chi connectivity index (χ1) is 11.1. The van der Waals surface area contributed by atoms with Gasteiger partial charge >= 0.3 is 0 Å². The van der Waals surface area contributed by atoms with Crippen LogP contribution in [-0.4, -0.2) is 38.4 Å². The summed E-state index contributed by atoms with van der Waals surface area (Å²) in [6.07, 6.45) is 1.06.